The molecule has 1 saturated heterocycles. The number of nitrogens with one attached hydrogen (secondary N) is 1. The summed E-state index contributed by atoms with van der Waals surface area (Å²) in [5, 5.41) is 4.49. The lowest BCUT2D eigenvalue weighted by molar-refractivity contribution is -0.179. The van der Waals surface area contributed by atoms with Gasteiger partial charge in [-0.2, -0.15) is 0 Å². The zero-order valence-electron chi connectivity index (χ0n) is 11.9. The van der Waals surface area contributed by atoms with E-state index in [1.165, 1.54) is 5.56 Å². The van der Waals surface area contributed by atoms with Crippen molar-refractivity contribution >= 4 is 11.6 Å². The fourth-order valence-corrected chi connectivity index (χ4v) is 3.34. The summed E-state index contributed by atoms with van der Waals surface area (Å²) < 4.78 is 11.5. The predicted molar refractivity (Wildman–Crippen MR) is 79.9 cm³/mol. The third-order valence-corrected chi connectivity index (χ3v) is 4.67. The lowest BCUT2D eigenvalue weighted by atomic mass is 9.89. The molecule has 1 aromatic rings. The molecular weight excluding hydrogens is 274 g/mol. The van der Waals surface area contributed by atoms with Crippen molar-refractivity contribution in [2.45, 2.75) is 50.5 Å². The average molecular weight is 296 g/mol. The molecule has 1 aliphatic heterocycles. The number of ether oxygens (including phenoxy) is 2. The maximum absolute atomic E-state index is 5.93. The first kappa shape index (κ1) is 14.3. The van der Waals surface area contributed by atoms with Crippen LogP contribution in [0.4, 0.5) is 0 Å². The zero-order chi connectivity index (χ0) is 14.0. The van der Waals surface area contributed by atoms with Gasteiger partial charge in [0.25, 0.3) is 0 Å². The molecule has 1 saturated carbocycles. The summed E-state index contributed by atoms with van der Waals surface area (Å²) in [6.45, 7) is 3.70. The Balaban J connectivity index is 1.52. The summed E-state index contributed by atoms with van der Waals surface area (Å²) in [5.41, 5.74) is 1.28. The van der Waals surface area contributed by atoms with Crippen LogP contribution in [0.3, 0.4) is 0 Å². The maximum Gasteiger partial charge on any atom is 0.168 e. The number of hydrogen-bond donors (Lipinski definition) is 1. The Morgan fingerprint density at radius 1 is 1.15 bits per heavy atom. The predicted octanol–water partition coefficient (Wildman–Crippen LogP) is 3.68. The quantitative estimate of drug-likeness (QED) is 0.923. The van der Waals surface area contributed by atoms with Crippen LogP contribution in [0.15, 0.2) is 24.3 Å². The smallest absolute Gasteiger partial charge is 0.168 e. The Kier molecular flexibility index (Phi) is 4.32. The molecule has 20 heavy (non-hydrogen) atoms. The van der Waals surface area contributed by atoms with Crippen LogP contribution in [0.1, 0.15) is 44.2 Å². The molecule has 0 amide bonds. The van der Waals surface area contributed by atoms with E-state index in [9.17, 15) is 0 Å². The largest absolute Gasteiger partial charge is 0.348 e. The second-order valence-corrected chi connectivity index (χ2v) is 6.26. The summed E-state index contributed by atoms with van der Waals surface area (Å²) in [7, 11) is 0. The average Bonchev–Trinajstić information content (AvgIpc) is 2.91. The third-order valence-electron chi connectivity index (χ3n) is 4.42. The Hall–Kier alpha value is -0.610. The molecule has 1 N–H and O–H groups in total. The van der Waals surface area contributed by atoms with E-state index < -0.39 is 0 Å². The minimum Gasteiger partial charge on any atom is -0.348 e. The van der Waals surface area contributed by atoms with Gasteiger partial charge in [0.1, 0.15) is 0 Å². The fraction of sp³-hybridized carbons (Fsp3) is 0.625. The monoisotopic (exact) mass is 295 g/mol. The molecule has 0 bridgehead atoms. The molecule has 2 aliphatic rings. The topological polar surface area (TPSA) is 30.5 Å². The summed E-state index contributed by atoms with van der Waals surface area (Å²) in [4.78, 5) is 0. The minimum atomic E-state index is -0.262. The zero-order valence-corrected chi connectivity index (χ0v) is 12.7. The van der Waals surface area contributed by atoms with Crippen LogP contribution in [-0.4, -0.2) is 25.0 Å². The second kappa shape index (κ2) is 6.02. The normalized spacial score (nSPS) is 24.1. The van der Waals surface area contributed by atoms with Gasteiger partial charge in [-0.25, -0.2) is 0 Å². The van der Waals surface area contributed by atoms with Crippen molar-refractivity contribution in [3.05, 3.63) is 34.9 Å². The third kappa shape index (κ3) is 3.17. The Labute approximate surface area is 125 Å². The van der Waals surface area contributed by atoms with Gasteiger partial charge < -0.3 is 14.8 Å². The number of hydrogen-bond acceptors (Lipinski definition) is 3. The Morgan fingerprint density at radius 2 is 1.75 bits per heavy atom. The van der Waals surface area contributed by atoms with Crippen molar-refractivity contribution < 1.29 is 9.47 Å². The van der Waals surface area contributed by atoms with E-state index in [-0.39, 0.29) is 5.79 Å². The molecule has 0 aromatic heterocycles. The van der Waals surface area contributed by atoms with Crippen molar-refractivity contribution in [2.24, 2.45) is 0 Å². The second-order valence-electron chi connectivity index (χ2n) is 5.82. The molecule has 0 unspecified atom stereocenters. The van der Waals surface area contributed by atoms with E-state index in [0.29, 0.717) is 12.1 Å². The van der Waals surface area contributed by atoms with Crippen LogP contribution < -0.4 is 5.32 Å². The van der Waals surface area contributed by atoms with E-state index in [0.717, 1.165) is 43.9 Å². The van der Waals surface area contributed by atoms with Crippen molar-refractivity contribution in [1.82, 2.24) is 5.32 Å². The van der Waals surface area contributed by atoms with Gasteiger partial charge in [-0.1, -0.05) is 23.7 Å². The number of rotatable bonds is 3. The molecule has 1 heterocycles. The molecule has 3 nitrogen and oxygen atoms in total. The van der Waals surface area contributed by atoms with Gasteiger partial charge in [0.05, 0.1) is 13.2 Å². The van der Waals surface area contributed by atoms with E-state index in [2.05, 4.69) is 24.4 Å². The Bertz CT molecular complexity index is 432. The molecule has 1 aromatic carbocycles. The first-order chi connectivity index (χ1) is 9.67. The van der Waals surface area contributed by atoms with Crippen molar-refractivity contribution in [3.63, 3.8) is 0 Å². The van der Waals surface area contributed by atoms with Crippen LogP contribution in [0.25, 0.3) is 0 Å². The summed E-state index contributed by atoms with van der Waals surface area (Å²) in [5.74, 6) is -0.262. The molecule has 1 atom stereocenters. The van der Waals surface area contributed by atoms with Gasteiger partial charge in [0.2, 0.25) is 0 Å². The van der Waals surface area contributed by atoms with Gasteiger partial charge >= 0.3 is 0 Å². The minimum absolute atomic E-state index is 0.262. The highest BCUT2D eigenvalue weighted by atomic mass is 35.5. The maximum atomic E-state index is 5.93. The molecule has 110 valence electrons. The van der Waals surface area contributed by atoms with Crippen LogP contribution in [0.2, 0.25) is 5.02 Å². The summed E-state index contributed by atoms with van der Waals surface area (Å²) in [6, 6.07) is 8.97. The van der Waals surface area contributed by atoms with E-state index in [1.807, 2.05) is 12.1 Å². The highest BCUT2D eigenvalue weighted by Crippen LogP contribution is 2.36. The van der Waals surface area contributed by atoms with Crippen molar-refractivity contribution in [2.75, 3.05) is 13.2 Å². The van der Waals surface area contributed by atoms with Gasteiger partial charge in [-0.05, 0) is 37.5 Å². The van der Waals surface area contributed by atoms with E-state index in [4.69, 9.17) is 21.1 Å². The highest BCUT2D eigenvalue weighted by Gasteiger charge is 2.40. The van der Waals surface area contributed by atoms with E-state index >= 15 is 0 Å². The Morgan fingerprint density at radius 3 is 2.35 bits per heavy atom. The molecular formula is C16H22ClNO2. The molecule has 0 radical (unpaired) electrons. The van der Waals surface area contributed by atoms with Gasteiger partial charge in [0.15, 0.2) is 5.79 Å². The highest BCUT2D eigenvalue weighted by molar-refractivity contribution is 6.30. The molecule has 3 rings (SSSR count). The number of benzene rings is 1. The van der Waals surface area contributed by atoms with Gasteiger partial charge in [-0.15, -0.1) is 0 Å². The first-order valence-corrected chi connectivity index (χ1v) is 7.84. The van der Waals surface area contributed by atoms with Crippen molar-refractivity contribution in [1.29, 1.82) is 0 Å². The van der Waals surface area contributed by atoms with Crippen LogP contribution >= 0.6 is 11.6 Å². The van der Waals surface area contributed by atoms with Crippen LogP contribution in [0.5, 0.6) is 0 Å². The molecule has 2 fully saturated rings. The van der Waals surface area contributed by atoms with Crippen LogP contribution in [-0.2, 0) is 9.47 Å². The van der Waals surface area contributed by atoms with Gasteiger partial charge in [-0.3, -0.25) is 0 Å². The molecule has 1 aliphatic carbocycles. The summed E-state index contributed by atoms with van der Waals surface area (Å²) in [6.07, 6.45) is 4.21. The number of halogens is 1. The molecule has 1 spiro atoms. The van der Waals surface area contributed by atoms with E-state index in [1.54, 1.807) is 0 Å². The van der Waals surface area contributed by atoms with Crippen molar-refractivity contribution in [3.8, 4) is 0 Å². The lowest BCUT2D eigenvalue weighted by Gasteiger charge is -2.36. The van der Waals surface area contributed by atoms with Crippen LogP contribution in [0, 0.1) is 0 Å². The fourth-order valence-electron chi connectivity index (χ4n) is 3.21. The summed E-state index contributed by atoms with van der Waals surface area (Å²) >= 11 is 5.93. The molecule has 4 heteroatoms. The lowest BCUT2D eigenvalue weighted by Crippen LogP contribution is -2.42. The SMILES string of the molecule is C[C@H](NC1CCC2(CC1)OCCO2)c1ccc(Cl)cc1. The van der Waals surface area contributed by atoms with Gasteiger partial charge in [0, 0.05) is 29.9 Å². The standard InChI is InChI=1S/C16H22ClNO2/c1-12(13-2-4-14(17)5-3-13)18-15-6-8-16(9-7-15)19-10-11-20-16/h2-5,12,15,18H,6-11H2,1H3/t12-/m0/s1. The first-order valence-electron chi connectivity index (χ1n) is 7.46.